The summed E-state index contributed by atoms with van der Waals surface area (Å²) < 4.78 is 34.2. The van der Waals surface area contributed by atoms with Gasteiger partial charge in [-0.15, -0.1) is 0 Å². The summed E-state index contributed by atoms with van der Waals surface area (Å²) in [5.74, 6) is -0.849. The van der Waals surface area contributed by atoms with E-state index in [1.807, 2.05) is 21.1 Å². The summed E-state index contributed by atoms with van der Waals surface area (Å²) in [7, 11) is 1.15. The first-order chi connectivity index (χ1) is 38.5. The van der Waals surface area contributed by atoms with Crippen LogP contribution < -0.4 is 4.89 Å². The topological polar surface area (TPSA) is 111 Å². The second-order valence-corrected chi connectivity index (χ2v) is 23.4. The fraction of sp³-hybridized carbons (Fsp3) is 0.681. The number of likely N-dealkylation sites (N-methyl/N-ethyl adjacent to an activating group) is 1. The van der Waals surface area contributed by atoms with Crippen LogP contribution in [-0.4, -0.2) is 70.0 Å². The number of esters is 2. The van der Waals surface area contributed by atoms with E-state index in [1.54, 1.807) is 0 Å². The molecule has 0 N–H and O–H groups in total. The van der Waals surface area contributed by atoms with Crippen molar-refractivity contribution in [2.24, 2.45) is 0 Å². The van der Waals surface area contributed by atoms with Crippen molar-refractivity contribution in [3.63, 3.8) is 0 Å². The molecule has 0 aliphatic heterocycles. The summed E-state index contributed by atoms with van der Waals surface area (Å²) in [4.78, 5) is 37.9. The molecule has 0 saturated carbocycles. The molecule has 0 aliphatic carbocycles. The summed E-state index contributed by atoms with van der Waals surface area (Å²) in [6.45, 7) is 4.11. The lowest BCUT2D eigenvalue weighted by molar-refractivity contribution is -0.870. The van der Waals surface area contributed by atoms with Crippen LogP contribution in [-0.2, 0) is 32.7 Å². The number of quaternary nitrogens is 1. The summed E-state index contributed by atoms with van der Waals surface area (Å²) in [5.41, 5.74) is 0. The summed E-state index contributed by atoms with van der Waals surface area (Å²) in [6, 6.07) is 0. The maximum Gasteiger partial charge on any atom is 0.306 e. The average molecular weight is 1120 g/mol. The number of allylic oxidation sites excluding steroid dienone is 20. The zero-order valence-electron chi connectivity index (χ0n) is 51.3. The van der Waals surface area contributed by atoms with Crippen molar-refractivity contribution in [2.75, 3.05) is 47.5 Å². The van der Waals surface area contributed by atoms with Crippen molar-refractivity contribution < 1.29 is 42.1 Å². The molecule has 452 valence electrons. The van der Waals surface area contributed by atoms with E-state index >= 15 is 0 Å². The third kappa shape index (κ3) is 63.5. The molecule has 0 saturated heterocycles. The lowest BCUT2D eigenvalue weighted by Gasteiger charge is -2.28. The third-order valence-electron chi connectivity index (χ3n) is 13.2. The highest BCUT2D eigenvalue weighted by molar-refractivity contribution is 7.45. The first kappa shape index (κ1) is 75.4. The van der Waals surface area contributed by atoms with E-state index in [0.717, 1.165) is 116 Å². The van der Waals surface area contributed by atoms with Gasteiger partial charge in [0.1, 0.15) is 19.8 Å². The molecule has 2 unspecified atom stereocenters. The SMILES string of the molecule is CC/C=C\C/C=C\C/C=C\C/C=C\C/C=C\C/C=C\C/C=C\C/C=C\C/C=C\CCCCCCCCCCCCCC(=O)OC(COC(=O)CCCCCCC/C=C\CCCCCCCCC)COP(=O)([O-])OCC[N+](C)(C)C. The first-order valence-electron chi connectivity index (χ1n) is 31.7. The molecule has 0 aliphatic rings. The Morgan fingerprint density at radius 2 is 0.722 bits per heavy atom. The van der Waals surface area contributed by atoms with Crippen molar-refractivity contribution in [1.29, 1.82) is 0 Å². The molecule has 0 heterocycles. The van der Waals surface area contributed by atoms with E-state index in [9.17, 15) is 19.0 Å². The van der Waals surface area contributed by atoms with Crippen LogP contribution in [0.2, 0.25) is 0 Å². The van der Waals surface area contributed by atoms with Gasteiger partial charge in [-0.05, 0) is 109 Å². The number of unbranched alkanes of at least 4 members (excludes halogenated alkanes) is 23. The molecule has 0 aromatic heterocycles. The van der Waals surface area contributed by atoms with Crippen molar-refractivity contribution in [2.45, 2.75) is 258 Å². The van der Waals surface area contributed by atoms with Crippen molar-refractivity contribution >= 4 is 19.8 Å². The molecular formula is C69H118NO8P. The highest BCUT2D eigenvalue weighted by Gasteiger charge is 2.22. The molecule has 0 fully saturated rings. The van der Waals surface area contributed by atoms with E-state index in [-0.39, 0.29) is 26.1 Å². The monoisotopic (exact) mass is 1120 g/mol. The van der Waals surface area contributed by atoms with E-state index in [1.165, 1.54) is 96.3 Å². The van der Waals surface area contributed by atoms with Gasteiger partial charge in [0.15, 0.2) is 6.10 Å². The van der Waals surface area contributed by atoms with Gasteiger partial charge in [-0.3, -0.25) is 14.2 Å². The molecule has 0 radical (unpaired) electrons. The fourth-order valence-electron chi connectivity index (χ4n) is 8.35. The lowest BCUT2D eigenvalue weighted by Crippen LogP contribution is -2.37. The van der Waals surface area contributed by atoms with Crippen LogP contribution in [0, 0.1) is 0 Å². The number of carbonyl (C=O) groups excluding carboxylic acids is 2. The third-order valence-corrected chi connectivity index (χ3v) is 14.2. The molecule has 0 spiro atoms. The lowest BCUT2D eigenvalue weighted by atomic mass is 10.0. The molecule has 0 rings (SSSR count). The standard InChI is InChI=1S/C69H118NO8P/c1-6-8-10-12-14-16-18-20-22-24-25-26-27-28-29-30-31-32-33-34-35-36-37-38-39-40-41-42-43-44-45-46-48-50-52-54-56-58-60-62-69(72)78-67(66-77-79(73,74)76-64-63-70(3,4)5)65-75-68(71)61-59-57-55-53-51-49-47-23-21-19-17-15-13-11-9-7-2/h8,10,14,16,20,22-23,25-26,28-29,31-32,34-35,37-38,40-41,47,67H,6-7,9,11-13,15,17-19,21,24,27,30,33,36,39,42-46,48-66H2,1-5H3/b10-8-,16-14-,22-20-,26-25-,29-28-,32-31-,35-34-,38-37-,41-40-,47-23-. The van der Waals surface area contributed by atoms with Crippen LogP contribution in [0.15, 0.2) is 122 Å². The number of phosphoric ester groups is 1. The normalized spacial score (nSPS) is 14.1. The highest BCUT2D eigenvalue weighted by Crippen LogP contribution is 2.38. The smallest absolute Gasteiger partial charge is 0.306 e. The molecule has 2 atom stereocenters. The fourth-order valence-corrected chi connectivity index (χ4v) is 9.08. The summed E-state index contributed by atoms with van der Waals surface area (Å²) in [5, 5.41) is 0. The average Bonchev–Trinajstić information content (AvgIpc) is 3.41. The molecular weight excluding hydrogens is 1000 g/mol. The molecule has 10 heteroatoms. The molecule has 0 amide bonds. The van der Waals surface area contributed by atoms with Crippen LogP contribution in [0.1, 0.15) is 251 Å². The van der Waals surface area contributed by atoms with Crippen LogP contribution in [0.4, 0.5) is 0 Å². The molecule has 0 bridgehead atoms. The van der Waals surface area contributed by atoms with Gasteiger partial charge in [0.25, 0.3) is 7.82 Å². The first-order valence-corrected chi connectivity index (χ1v) is 33.2. The van der Waals surface area contributed by atoms with Crippen molar-refractivity contribution in [3.8, 4) is 0 Å². The van der Waals surface area contributed by atoms with Crippen molar-refractivity contribution in [1.82, 2.24) is 0 Å². The van der Waals surface area contributed by atoms with Crippen LogP contribution >= 0.6 is 7.82 Å². The number of rotatable bonds is 57. The van der Waals surface area contributed by atoms with E-state index in [2.05, 4.69) is 135 Å². The maximum atomic E-state index is 12.8. The summed E-state index contributed by atoms with van der Waals surface area (Å²) in [6.07, 6.45) is 84.0. The van der Waals surface area contributed by atoms with Crippen LogP contribution in [0.5, 0.6) is 0 Å². The van der Waals surface area contributed by atoms with Crippen molar-refractivity contribution in [3.05, 3.63) is 122 Å². The minimum absolute atomic E-state index is 0.0372. The molecule has 0 aromatic rings. The number of nitrogens with zero attached hydrogens (tertiary/aromatic N) is 1. The quantitative estimate of drug-likeness (QED) is 0.0195. The largest absolute Gasteiger partial charge is 0.756 e. The van der Waals surface area contributed by atoms with E-state index in [0.29, 0.717) is 23.9 Å². The van der Waals surface area contributed by atoms with Gasteiger partial charge in [0.05, 0.1) is 27.7 Å². The highest BCUT2D eigenvalue weighted by atomic mass is 31.2. The van der Waals surface area contributed by atoms with E-state index < -0.39 is 32.5 Å². The van der Waals surface area contributed by atoms with Gasteiger partial charge < -0.3 is 27.9 Å². The number of phosphoric acid groups is 1. The number of ether oxygens (including phenoxy) is 2. The predicted octanol–water partition coefficient (Wildman–Crippen LogP) is 19.7. The van der Waals surface area contributed by atoms with Gasteiger partial charge in [0, 0.05) is 12.8 Å². The summed E-state index contributed by atoms with van der Waals surface area (Å²) >= 11 is 0. The Hall–Kier alpha value is -3.59. The second-order valence-electron chi connectivity index (χ2n) is 22.0. The van der Waals surface area contributed by atoms with Crippen LogP contribution in [0.25, 0.3) is 0 Å². The van der Waals surface area contributed by atoms with Gasteiger partial charge >= 0.3 is 11.9 Å². The van der Waals surface area contributed by atoms with Crippen LogP contribution in [0.3, 0.4) is 0 Å². The Morgan fingerprint density at radius 3 is 1.09 bits per heavy atom. The number of carbonyl (C=O) groups is 2. The Kier molecular flexibility index (Phi) is 56.4. The molecule has 79 heavy (non-hydrogen) atoms. The number of hydrogen-bond acceptors (Lipinski definition) is 8. The minimum Gasteiger partial charge on any atom is -0.756 e. The zero-order chi connectivity index (χ0) is 57.7. The zero-order valence-corrected chi connectivity index (χ0v) is 52.2. The Balaban J connectivity index is 4.09. The van der Waals surface area contributed by atoms with Gasteiger partial charge in [-0.1, -0.05) is 251 Å². The minimum atomic E-state index is -4.64. The maximum absolute atomic E-state index is 12.8. The van der Waals surface area contributed by atoms with Gasteiger partial charge in [-0.2, -0.15) is 0 Å². The van der Waals surface area contributed by atoms with E-state index in [4.69, 9.17) is 18.5 Å². The second kappa shape index (κ2) is 59.0. The Bertz CT molecular complexity index is 1750. The van der Waals surface area contributed by atoms with Gasteiger partial charge in [0.2, 0.25) is 0 Å². The molecule has 9 nitrogen and oxygen atoms in total. The Labute approximate surface area is 486 Å². The predicted molar refractivity (Wildman–Crippen MR) is 337 cm³/mol. The van der Waals surface area contributed by atoms with Gasteiger partial charge in [-0.25, -0.2) is 0 Å². The molecule has 0 aromatic carbocycles. The number of hydrogen-bond donors (Lipinski definition) is 0. The Morgan fingerprint density at radius 1 is 0.405 bits per heavy atom.